The second-order valence-electron chi connectivity index (χ2n) is 3.25. The molecule has 0 bridgehead atoms. The maximum absolute atomic E-state index is 4.29. The van der Waals surface area contributed by atoms with E-state index in [4.69, 9.17) is 0 Å². The predicted octanol–water partition coefficient (Wildman–Crippen LogP) is 3.74. The van der Waals surface area contributed by atoms with E-state index < -0.39 is 0 Å². The molecule has 0 aliphatic rings. The first-order valence-electron chi connectivity index (χ1n) is 5.22. The topological polar surface area (TPSA) is 51.6 Å². The van der Waals surface area contributed by atoms with Crippen LogP contribution in [0.4, 0.5) is 0 Å². The van der Waals surface area contributed by atoms with Crippen molar-refractivity contribution in [2.75, 3.05) is 5.75 Å². The van der Waals surface area contributed by atoms with E-state index >= 15 is 0 Å². The molecule has 17 heavy (non-hydrogen) atoms. The Bertz CT molecular complexity index is 467. The van der Waals surface area contributed by atoms with Gasteiger partial charge in [-0.3, -0.25) is 0 Å². The molecule has 2 heterocycles. The van der Waals surface area contributed by atoms with Gasteiger partial charge in [-0.2, -0.15) is 4.37 Å². The van der Waals surface area contributed by atoms with E-state index in [1.807, 2.05) is 6.92 Å². The molecule has 0 aliphatic carbocycles. The van der Waals surface area contributed by atoms with Crippen LogP contribution in [0, 0.1) is 6.92 Å². The average Bonchev–Trinajstić information content (AvgIpc) is 2.90. The summed E-state index contributed by atoms with van der Waals surface area (Å²) in [6.07, 6.45) is 2.44. The fourth-order valence-corrected chi connectivity index (χ4v) is 5.02. The van der Waals surface area contributed by atoms with Crippen molar-refractivity contribution in [3.63, 3.8) is 0 Å². The third-order valence-electron chi connectivity index (χ3n) is 1.79. The SMILES string of the molecule is CCCCSc1nnc(Sc2nc(C)ns2)s1. The molecule has 2 rings (SSSR count). The Balaban J connectivity index is 1.89. The van der Waals surface area contributed by atoms with E-state index in [-0.39, 0.29) is 0 Å². The van der Waals surface area contributed by atoms with Gasteiger partial charge in [0.25, 0.3) is 0 Å². The zero-order valence-electron chi connectivity index (χ0n) is 9.54. The van der Waals surface area contributed by atoms with Crippen LogP contribution in [0.3, 0.4) is 0 Å². The molecular formula is C9H12N4S4. The van der Waals surface area contributed by atoms with Gasteiger partial charge in [-0.1, -0.05) is 36.4 Å². The maximum Gasteiger partial charge on any atom is 0.182 e. The summed E-state index contributed by atoms with van der Waals surface area (Å²) in [5.74, 6) is 1.94. The van der Waals surface area contributed by atoms with Crippen LogP contribution in [0.25, 0.3) is 0 Å². The first kappa shape index (κ1) is 13.3. The molecule has 2 aromatic rings. The number of unbranched alkanes of at least 4 members (excludes halogenated alkanes) is 1. The van der Waals surface area contributed by atoms with Crippen molar-refractivity contribution in [2.45, 2.75) is 39.7 Å². The van der Waals surface area contributed by atoms with E-state index in [0.717, 1.165) is 24.6 Å². The minimum absolute atomic E-state index is 0.819. The molecule has 0 fully saturated rings. The maximum atomic E-state index is 4.29. The first-order valence-corrected chi connectivity index (χ1v) is 8.61. The molecule has 0 aromatic carbocycles. The monoisotopic (exact) mass is 304 g/mol. The van der Waals surface area contributed by atoms with Crippen molar-refractivity contribution in [3.05, 3.63) is 5.82 Å². The number of hydrogen-bond donors (Lipinski definition) is 0. The Labute approximate surface area is 117 Å². The highest BCUT2D eigenvalue weighted by Gasteiger charge is 2.09. The quantitative estimate of drug-likeness (QED) is 0.598. The Morgan fingerprint density at radius 2 is 2.00 bits per heavy atom. The number of nitrogens with zero attached hydrogens (tertiary/aromatic N) is 4. The summed E-state index contributed by atoms with van der Waals surface area (Å²) >= 11 is 6.36. The molecule has 0 saturated heterocycles. The molecule has 0 atom stereocenters. The van der Waals surface area contributed by atoms with E-state index in [9.17, 15) is 0 Å². The highest BCUT2D eigenvalue weighted by atomic mass is 32.2. The number of hydrogen-bond acceptors (Lipinski definition) is 8. The van der Waals surface area contributed by atoms with Crippen molar-refractivity contribution < 1.29 is 0 Å². The fraction of sp³-hybridized carbons (Fsp3) is 0.556. The van der Waals surface area contributed by atoms with Crippen LogP contribution in [0.5, 0.6) is 0 Å². The molecule has 2 aromatic heterocycles. The molecule has 4 nitrogen and oxygen atoms in total. The molecule has 0 amide bonds. The van der Waals surface area contributed by atoms with Crippen molar-refractivity contribution in [1.82, 2.24) is 19.6 Å². The molecule has 0 saturated carbocycles. The molecule has 0 radical (unpaired) electrons. The highest BCUT2D eigenvalue weighted by molar-refractivity contribution is 8.04. The van der Waals surface area contributed by atoms with E-state index in [1.54, 1.807) is 34.9 Å². The summed E-state index contributed by atoms with van der Waals surface area (Å²) in [6, 6.07) is 0. The Kier molecular flexibility index (Phi) is 5.20. The molecule has 0 aliphatic heterocycles. The lowest BCUT2D eigenvalue weighted by atomic mass is 10.4. The van der Waals surface area contributed by atoms with E-state index in [0.29, 0.717) is 0 Å². The van der Waals surface area contributed by atoms with Crippen LogP contribution in [0.1, 0.15) is 25.6 Å². The van der Waals surface area contributed by atoms with Crippen LogP contribution in [0.2, 0.25) is 0 Å². The van der Waals surface area contributed by atoms with Gasteiger partial charge in [0, 0.05) is 5.75 Å². The molecular weight excluding hydrogens is 292 g/mol. The highest BCUT2D eigenvalue weighted by Crippen LogP contribution is 2.34. The molecule has 0 unspecified atom stereocenters. The van der Waals surface area contributed by atoms with Crippen LogP contribution in [-0.2, 0) is 0 Å². The van der Waals surface area contributed by atoms with E-state index in [2.05, 4.69) is 26.5 Å². The van der Waals surface area contributed by atoms with Gasteiger partial charge in [0.15, 0.2) is 13.0 Å². The molecule has 0 spiro atoms. The normalized spacial score (nSPS) is 10.9. The Hall–Kier alpha value is -0.180. The zero-order chi connectivity index (χ0) is 12.1. The number of aromatic nitrogens is 4. The Morgan fingerprint density at radius 3 is 2.71 bits per heavy atom. The van der Waals surface area contributed by atoms with Gasteiger partial charge in [0.1, 0.15) is 5.82 Å². The minimum atomic E-state index is 0.819. The first-order chi connectivity index (χ1) is 8.28. The van der Waals surface area contributed by atoms with Crippen LogP contribution >= 0.6 is 46.4 Å². The lowest BCUT2D eigenvalue weighted by Gasteiger charge is -1.91. The van der Waals surface area contributed by atoms with Crippen LogP contribution in [0.15, 0.2) is 13.0 Å². The lowest BCUT2D eigenvalue weighted by molar-refractivity contribution is 0.892. The summed E-state index contributed by atoms with van der Waals surface area (Å²) in [5, 5.41) is 8.31. The Morgan fingerprint density at radius 1 is 1.18 bits per heavy atom. The van der Waals surface area contributed by atoms with E-state index in [1.165, 1.54) is 24.4 Å². The summed E-state index contributed by atoms with van der Waals surface area (Å²) in [4.78, 5) is 4.29. The minimum Gasteiger partial charge on any atom is -0.213 e. The van der Waals surface area contributed by atoms with Crippen molar-refractivity contribution in [3.8, 4) is 0 Å². The third kappa shape index (κ3) is 4.20. The van der Waals surface area contributed by atoms with Crippen molar-refractivity contribution >= 4 is 46.4 Å². The summed E-state index contributed by atoms with van der Waals surface area (Å²) in [6.45, 7) is 4.09. The standard InChI is InChI=1S/C9H12N4S4/c1-3-4-5-14-8-11-12-9(16-8)15-7-10-6(2)13-17-7/h3-5H2,1-2H3. The largest absolute Gasteiger partial charge is 0.213 e. The van der Waals surface area contributed by atoms with Gasteiger partial charge >= 0.3 is 0 Å². The summed E-state index contributed by atoms with van der Waals surface area (Å²) < 4.78 is 7.06. The number of aryl methyl sites for hydroxylation is 1. The van der Waals surface area contributed by atoms with Gasteiger partial charge in [0.05, 0.1) is 0 Å². The number of rotatable bonds is 6. The molecule has 92 valence electrons. The molecule has 8 heteroatoms. The average molecular weight is 304 g/mol. The summed E-state index contributed by atoms with van der Waals surface area (Å²) in [5.41, 5.74) is 0. The number of thioether (sulfide) groups is 1. The summed E-state index contributed by atoms with van der Waals surface area (Å²) in [7, 11) is 0. The smallest absolute Gasteiger partial charge is 0.182 e. The van der Waals surface area contributed by atoms with Gasteiger partial charge in [0.2, 0.25) is 0 Å². The molecule has 0 N–H and O–H groups in total. The van der Waals surface area contributed by atoms with Crippen LogP contribution in [-0.4, -0.2) is 25.3 Å². The van der Waals surface area contributed by atoms with Crippen molar-refractivity contribution in [1.29, 1.82) is 0 Å². The van der Waals surface area contributed by atoms with Gasteiger partial charge in [-0.05, 0) is 36.6 Å². The fourth-order valence-electron chi connectivity index (χ4n) is 0.995. The van der Waals surface area contributed by atoms with Crippen molar-refractivity contribution in [2.24, 2.45) is 0 Å². The zero-order valence-corrected chi connectivity index (χ0v) is 12.8. The second kappa shape index (κ2) is 6.67. The predicted molar refractivity (Wildman–Crippen MR) is 74.3 cm³/mol. The second-order valence-corrected chi connectivity index (χ2v) is 7.81. The van der Waals surface area contributed by atoms with Gasteiger partial charge in [-0.15, -0.1) is 10.2 Å². The third-order valence-corrected chi connectivity index (χ3v) is 5.83. The van der Waals surface area contributed by atoms with Gasteiger partial charge in [-0.25, -0.2) is 4.98 Å². The lowest BCUT2D eigenvalue weighted by Crippen LogP contribution is -1.77. The van der Waals surface area contributed by atoms with Gasteiger partial charge < -0.3 is 0 Å². The van der Waals surface area contributed by atoms with Crippen LogP contribution < -0.4 is 0 Å².